The van der Waals surface area contributed by atoms with Crippen LogP contribution in [0.5, 0.6) is 0 Å². The highest BCUT2D eigenvalue weighted by Crippen LogP contribution is 2.22. The largest absolute Gasteiger partial charge is 0.381 e. The van der Waals surface area contributed by atoms with Gasteiger partial charge in [0.1, 0.15) is 0 Å². The predicted molar refractivity (Wildman–Crippen MR) is 75.8 cm³/mol. The zero-order valence-electron chi connectivity index (χ0n) is 12.2. The Hall–Kier alpha value is -0.120. The fraction of sp³-hybridized carbons (Fsp3) is 1.00. The smallest absolute Gasteiger partial charge is 0.0510 e. The van der Waals surface area contributed by atoms with Crippen molar-refractivity contribution in [3.63, 3.8) is 0 Å². The van der Waals surface area contributed by atoms with Gasteiger partial charge in [-0.2, -0.15) is 0 Å². The standard InChI is InChI=1S/C15H30N2O/c1-3-7-16-15(14-6-9-18-12-14)11-17-8-5-13(4-2)10-17/h13-16H,3-12H2,1-2H3. The van der Waals surface area contributed by atoms with Crippen LogP contribution in [0.25, 0.3) is 0 Å². The molecule has 0 aromatic carbocycles. The highest BCUT2D eigenvalue weighted by atomic mass is 16.5. The molecule has 0 aromatic heterocycles. The molecule has 2 aliphatic rings. The van der Waals surface area contributed by atoms with E-state index in [0.717, 1.165) is 31.6 Å². The number of hydrogen-bond donors (Lipinski definition) is 1. The molecule has 0 bridgehead atoms. The minimum atomic E-state index is 0.642. The monoisotopic (exact) mass is 254 g/mol. The number of nitrogens with zero attached hydrogens (tertiary/aromatic N) is 1. The van der Waals surface area contributed by atoms with Crippen LogP contribution in [0.4, 0.5) is 0 Å². The lowest BCUT2D eigenvalue weighted by molar-refractivity contribution is 0.165. The van der Waals surface area contributed by atoms with E-state index < -0.39 is 0 Å². The molecule has 2 saturated heterocycles. The van der Waals surface area contributed by atoms with Crippen LogP contribution in [-0.4, -0.2) is 50.3 Å². The van der Waals surface area contributed by atoms with Crippen molar-refractivity contribution in [2.75, 3.05) is 39.4 Å². The molecule has 0 aliphatic carbocycles. The lowest BCUT2D eigenvalue weighted by Gasteiger charge is -2.28. The molecular weight excluding hydrogens is 224 g/mol. The van der Waals surface area contributed by atoms with Gasteiger partial charge in [-0.25, -0.2) is 0 Å². The Balaban J connectivity index is 1.80. The van der Waals surface area contributed by atoms with E-state index in [1.807, 2.05) is 0 Å². The summed E-state index contributed by atoms with van der Waals surface area (Å²) >= 11 is 0. The second kappa shape index (κ2) is 7.46. The number of nitrogens with one attached hydrogen (secondary N) is 1. The first-order valence-electron chi connectivity index (χ1n) is 7.87. The molecule has 0 radical (unpaired) electrons. The molecule has 0 spiro atoms. The molecule has 18 heavy (non-hydrogen) atoms. The first-order valence-corrected chi connectivity index (χ1v) is 7.87. The third-order valence-corrected chi connectivity index (χ3v) is 4.59. The van der Waals surface area contributed by atoms with Crippen molar-refractivity contribution < 1.29 is 4.74 Å². The molecule has 2 aliphatic heterocycles. The topological polar surface area (TPSA) is 24.5 Å². The molecule has 3 nitrogen and oxygen atoms in total. The van der Waals surface area contributed by atoms with E-state index in [4.69, 9.17) is 4.74 Å². The molecule has 3 unspecified atom stereocenters. The maximum absolute atomic E-state index is 5.57. The first-order chi connectivity index (χ1) is 8.83. The average molecular weight is 254 g/mol. The Morgan fingerprint density at radius 1 is 1.33 bits per heavy atom. The fourth-order valence-corrected chi connectivity index (χ4v) is 3.27. The van der Waals surface area contributed by atoms with E-state index in [1.54, 1.807) is 0 Å². The summed E-state index contributed by atoms with van der Waals surface area (Å²) in [5.41, 5.74) is 0. The minimum absolute atomic E-state index is 0.642. The van der Waals surface area contributed by atoms with Crippen LogP contribution in [-0.2, 0) is 4.74 Å². The summed E-state index contributed by atoms with van der Waals surface area (Å²) in [6.45, 7) is 11.5. The quantitative estimate of drug-likeness (QED) is 0.753. The molecule has 1 N–H and O–H groups in total. The first kappa shape index (κ1) is 14.3. The van der Waals surface area contributed by atoms with Crippen molar-refractivity contribution in [3.05, 3.63) is 0 Å². The molecule has 2 fully saturated rings. The van der Waals surface area contributed by atoms with Gasteiger partial charge in [-0.3, -0.25) is 0 Å². The summed E-state index contributed by atoms with van der Waals surface area (Å²) in [5, 5.41) is 3.75. The van der Waals surface area contributed by atoms with Gasteiger partial charge in [0.2, 0.25) is 0 Å². The summed E-state index contributed by atoms with van der Waals surface area (Å²) < 4.78 is 5.57. The van der Waals surface area contributed by atoms with Crippen LogP contribution in [0.1, 0.15) is 39.5 Å². The summed E-state index contributed by atoms with van der Waals surface area (Å²) in [4.78, 5) is 2.67. The van der Waals surface area contributed by atoms with E-state index in [9.17, 15) is 0 Å². The average Bonchev–Trinajstić information content (AvgIpc) is 3.05. The van der Waals surface area contributed by atoms with Gasteiger partial charge in [0.05, 0.1) is 6.61 Å². The highest BCUT2D eigenvalue weighted by Gasteiger charge is 2.29. The molecular formula is C15H30N2O. The Morgan fingerprint density at radius 2 is 2.22 bits per heavy atom. The van der Waals surface area contributed by atoms with Gasteiger partial charge in [0.25, 0.3) is 0 Å². The van der Waals surface area contributed by atoms with Gasteiger partial charge in [-0.1, -0.05) is 20.3 Å². The molecule has 2 rings (SSSR count). The lowest BCUT2D eigenvalue weighted by atomic mass is 9.98. The summed E-state index contributed by atoms with van der Waals surface area (Å²) in [7, 11) is 0. The predicted octanol–water partition coefficient (Wildman–Crippen LogP) is 2.12. The molecule has 0 amide bonds. The molecule has 0 aromatic rings. The normalized spacial score (nSPS) is 31.0. The van der Waals surface area contributed by atoms with E-state index in [2.05, 4.69) is 24.1 Å². The van der Waals surface area contributed by atoms with Crippen molar-refractivity contribution >= 4 is 0 Å². The van der Waals surface area contributed by atoms with Crippen LogP contribution in [0.3, 0.4) is 0 Å². The van der Waals surface area contributed by atoms with Crippen molar-refractivity contribution in [2.24, 2.45) is 11.8 Å². The maximum Gasteiger partial charge on any atom is 0.0510 e. The zero-order valence-corrected chi connectivity index (χ0v) is 12.2. The zero-order chi connectivity index (χ0) is 12.8. The van der Waals surface area contributed by atoms with E-state index in [0.29, 0.717) is 6.04 Å². The lowest BCUT2D eigenvalue weighted by Crippen LogP contribution is -2.45. The van der Waals surface area contributed by atoms with E-state index in [-0.39, 0.29) is 0 Å². The second-order valence-electron chi connectivity index (χ2n) is 6.01. The van der Waals surface area contributed by atoms with Gasteiger partial charge in [0, 0.05) is 31.7 Å². The van der Waals surface area contributed by atoms with Crippen molar-refractivity contribution in [3.8, 4) is 0 Å². The molecule has 106 valence electrons. The van der Waals surface area contributed by atoms with Crippen LogP contribution in [0, 0.1) is 11.8 Å². The Labute approximate surface area is 112 Å². The molecule has 3 heteroatoms. The fourth-order valence-electron chi connectivity index (χ4n) is 3.27. The van der Waals surface area contributed by atoms with Crippen molar-refractivity contribution in [1.29, 1.82) is 0 Å². The number of likely N-dealkylation sites (tertiary alicyclic amines) is 1. The van der Waals surface area contributed by atoms with Gasteiger partial charge >= 0.3 is 0 Å². The Kier molecular flexibility index (Phi) is 5.93. The maximum atomic E-state index is 5.57. The third kappa shape index (κ3) is 3.94. The number of hydrogen-bond acceptors (Lipinski definition) is 3. The van der Waals surface area contributed by atoms with Gasteiger partial charge < -0.3 is 15.0 Å². The summed E-state index contributed by atoms with van der Waals surface area (Å²) in [6, 6.07) is 0.642. The number of rotatable bonds is 7. The third-order valence-electron chi connectivity index (χ3n) is 4.59. The SMILES string of the molecule is CCCNC(CN1CCC(CC)C1)C1CCOC1. The van der Waals surface area contributed by atoms with Crippen molar-refractivity contribution in [2.45, 2.75) is 45.6 Å². The Bertz CT molecular complexity index is 229. The van der Waals surface area contributed by atoms with Crippen molar-refractivity contribution in [1.82, 2.24) is 10.2 Å². The Morgan fingerprint density at radius 3 is 2.83 bits per heavy atom. The molecule has 0 saturated carbocycles. The van der Waals surface area contributed by atoms with E-state index >= 15 is 0 Å². The highest BCUT2D eigenvalue weighted by molar-refractivity contribution is 4.85. The summed E-state index contributed by atoms with van der Waals surface area (Å²) in [5.74, 6) is 1.67. The second-order valence-corrected chi connectivity index (χ2v) is 6.01. The van der Waals surface area contributed by atoms with Crippen LogP contribution in [0.2, 0.25) is 0 Å². The van der Waals surface area contributed by atoms with Gasteiger partial charge in [-0.15, -0.1) is 0 Å². The van der Waals surface area contributed by atoms with Gasteiger partial charge in [-0.05, 0) is 38.3 Å². The summed E-state index contributed by atoms with van der Waals surface area (Å²) in [6.07, 6.45) is 5.21. The molecule has 3 atom stereocenters. The number of ether oxygens (including phenoxy) is 1. The van der Waals surface area contributed by atoms with Crippen LogP contribution >= 0.6 is 0 Å². The van der Waals surface area contributed by atoms with E-state index in [1.165, 1.54) is 45.3 Å². The minimum Gasteiger partial charge on any atom is -0.381 e. The van der Waals surface area contributed by atoms with Crippen LogP contribution in [0.15, 0.2) is 0 Å². The molecule has 2 heterocycles. The van der Waals surface area contributed by atoms with Crippen LogP contribution < -0.4 is 5.32 Å². The van der Waals surface area contributed by atoms with Gasteiger partial charge in [0.15, 0.2) is 0 Å².